The molecule has 0 saturated carbocycles. The Morgan fingerprint density at radius 1 is 0.333 bits per heavy atom. The highest BCUT2D eigenvalue weighted by Gasteiger charge is 2.49. The van der Waals surface area contributed by atoms with Gasteiger partial charge in [-0.05, 0) is 77.0 Å². The molecule has 0 N–H and O–H groups in total. The van der Waals surface area contributed by atoms with E-state index in [2.05, 4.69) is 0 Å². The van der Waals surface area contributed by atoms with Gasteiger partial charge in [-0.2, -0.15) is 0 Å². The Hall–Kier alpha value is -3.02. The summed E-state index contributed by atoms with van der Waals surface area (Å²) in [4.78, 5) is 48.6. The van der Waals surface area contributed by atoms with Crippen LogP contribution in [0.5, 0.6) is 0 Å². The van der Waals surface area contributed by atoms with Gasteiger partial charge in [0.15, 0.2) is 0 Å². The van der Waals surface area contributed by atoms with Gasteiger partial charge in [0, 0.05) is 0 Å². The average Bonchev–Trinajstić information content (AvgIpc) is 3.29. The fourth-order valence-electron chi connectivity index (χ4n) is 8.42. The lowest BCUT2D eigenvalue weighted by molar-refractivity contribution is -0.155. The van der Waals surface area contributed by atoms with Crippen LogP contribution in [0.15, 0.2) is 55.7 Å². The van der Waals surface area contributed by atoms with Crippen LogP contribution in [0.4, 0.5) is 0 Å². The minimum absolute atomic E-state index is 0.272. The zero-order chi connectivity index (χ0) is 24.3. The van der Waals surface area contributed by atoms with Crippen LogP contribution in [0.3, 0.4) is 0 Å². The monoisotopic (exact) mass is 484 g/mol. The van der Waals surface area contributed by atoms with Crippen molar-refractivity contribution >= 4 is 23.9 Å². The Balaban J connectivity index is 0.988. The number of allylic oxidation sites excluding steroid dienone is 10. The first-order valence-electron chi connectivity index (χ1n) is 13.4. The van der Waals surface area contributed by atoms with E-state index >= 15 is 0 Å². The van der Waals surface area contributed by atoms with Crippen molar-refractivity contribution in [1.29, 1.82) is 0 Å². The summed E-state index contributed by atoms with van der Waals surface area (Å²) in [6.07, 6.45) is 10.7. The van der Waals surface area contributed by atoms with E-state index < -0.39 is 0 Å². The van der Waals surface area contributed by atoms with Gasteiger partial charge in [0.2, 0.25) is 0 Å². The van der Waals surface area contributed by atoms with Crippen LogP contribution in [0.25, 0.3) is 0 Å². The van der Waals surface area contributed by atoms with E-state index in [1.54, 1.807) is 11.1 Å². The predicted octanol–water partition coefficient (Wildman–Crippen LogP) is 4.86. The van der Waals surface area contributed by atoms with Crippen LogP contribution in [-0.4, -0.2) is 23.9 Å². The number of hydrogen-bond acceptors (Lipinski definition) is 6. The molecule has 2 heterocycles. The molecule has 184 valence electrons. The van der Waals surface area contributed by atoms with Gasteiger partial charge in [0.05, 0.1) is 23.7 Å². The smallest absolute Gasteiger partial charge is 0.317 e. The summed E-state index contributed by atoms with van der Waals surface area (Å²) >= 11 is 0. The Morgan fingerprint density at radius 3 is 0.750 bits per heavy atom. The molecular formula is C30H28O6. The topological polar surface area (TPSA) is 86.7 Å². The Bertz CT molecular complexity index is 1180. The number of ether oxygens (including phenoxy) is 2. The van der Waals surface area contributed by atoms with Crippen molar-refractivity contribution in [3.63, 3.8) is 0 Å². The molecule has 0 radical (unpaired) electrons. The highest BCUT2D eigenvalue weighted by Crippen LogP contribution is 2.54. The number of rotatable bonds is 0. The molecule has 4 atom stereocenters. The van der Waals surface area contributed by atoms with Gasteiger partial charge in [-0.25, -0.2) is 0 Å². The molecule has 0 aromatic rings. The Labute approximate surface area is 209 Å². The van der Waals surface area contributed by atoms with Gasteiger partial charge in [-0.3, -0.25) is 19.2 Å². The Kier molecular flexibility index (Phi) is 4.26. The third kappa shape index (κ3) is 2.96. The number of esters is 4. The number of fused-ring (bicyclic) bond motifs is 2. The molecule has 6 heteroatoms. The van der Waals surface area contributed by atoms with Crippen LogP contribution in [0, 0.1) is 23.7 Å². The van der Waals surface area contributed by atoms with Gasteiger partial charge in [-0.1, -0.05) is 55.7 Å². The molecule has 2 fully saturated rings. The van der Waals surface area contributed by atoms with Crippen LogP contribution >= 0.6 is 0 Å². The van der Waals surface area contributed by atoms with E-state index in [1.165, 1.54) is 44.6 Å². The highest BCUT2D eigenvalue weighted by atomic mass is 16.6. The van der Waals surface area contributed by atoms with E-state index in [-0.39, 0.29) is 47.5 Å². The molecule has 0 spiro atoms. The maximum absolute atomic E-state index is 12.2. The summed E-state index contributed by atoms with van der Waals surface area (Å²) in [5, 5.41) is 0. The molecule has 2 aliphatic heterocycles. The fraction of sp³-hybridized carbons (Fsp3) is 0.533. The number of cyclic esters (lactones) is 4. The number of carbonyl (C=O) groups is 4. The molecule has 8 rings (SSSR count). The second-order valence-corrected chi connectivity index (χ2v) is 12.2. The van der Waals surface area contributed by atoms with E-state index in [4.69, 9.17) is 9.47 Å². The molecule has 6 nitrogen and oxygen atoms in total. The van der Waals surface area contributed by atoms with Crippen molar-refractivity contribution in [2.24, 2.45) is 23.7 Å². The molecule has 2 saturated heterocycles. The van der Waals surface area contributed by atoms with Crippen LogP contribution in [-0.2, 0) is 28.7 Å². The van der Waals surface area contributed by atoms with Crippen molar-refractivity contribution in [2.75, 3.05) is 0 Å². The van der Waals surface area contributed by atoms with Crippen molar-refractivity contribution in [3.05, 3.63) is 55.7 Å². The quantitative estimate of drug-likeness (QED) is 0.277. The molecule has 0 aromatic heterocycles. The first kappa shape index (κ1) is 21.1. The minimum atomic E-state index is -0.327. The summed E-state index contributed by atoms with van der Waals surface area (Å²) in [5.74, 6) is -2.39. The zero-order valence-electron chi connectivity index (χ0n) is 20.2. The van der Waals surface area contributed by atoms with Crippen molar-refractivity contribution < 1.29 is 28.7 Å². The fourth-order valence-corrected chi connectivity index (χ4v) is 8.42. The van der Waals surface area contributed by atoms with Gasteiger partial charge < -0.3 is 9.47 Å². The minimum Gasteiger partial charge on any atom is -0.393 e. The van der Waals surface area contributed by atoms with E-state index in [9.17, 15) is 19.2 Å². The van der Waals surface area contributed by atoms with E-state index in [0.717, 1.165) is 51.4 Å². The maximum Gasteiger partial charge on any atom is 0.317 e. The van der Waals surface area contributed by atoms with E-state index in [0.29, 0.717) is 25.7 Å². The summed E-state index contributed by atoms with van der Waals surface area (Å²) in [5.41, 5.74) is 14.8. The van der Waals surface area contributed by atoms with Crippen molar-refractivity contribution in [1.82, 2.24) is 0 Å². The molecular weight excluding hydrogens is 456 g/mol. The summed E-state index contributed by atoms with van der Waals surface area (Å²) in [6, 6.07) is 0. The molecule has 8 aliphatic rings. The Morgan fingerprint density at radius 2 is 0.528 bits per heavy atom. The largest absolute Gasteiger partial charge is 0.393 e. The lowest BCUT2D eigenvalue weighted by Crippen LogP contribution is -2.28. The number of carbonyl (C=O) groups excluding carboxylic acids is 4. The lowest BCUT2D eigenvalue weighted by atomic mass is 9.64. The number of hydrogen-bond donors (Lipinski definition) is 0. The zero-order valence-corrected chi connectivity index (χ0v) is 20.2. The van der Waals surface area contributed by atoms with Crippen molar-refractivity contribution in [2.45, 2.75) is 77.0 Å². The first-order valence-corrected chi connectivity index (χ1v) is 13.4. The SMILES string of the molecule is O=C1OC(=O)[C@@H]2CC3=C(CC4=C(CC5=C(C4)CC4=C(C5)CC5=C(C4)C[C@H]4C(=O)OC(=O)[C@@H]4C5)C3)C[C@H]12. The second kappa shape index (κ2) is 7.27. The van der Waals surface area contributed by atoms with Crippen molar-refractivity contribution in [3.8, 4) is 0 Å². The molecule has 36 heavy (non-hydrogen) atoms. The van der Waals surface area contributed by atoms with Crippen LogP contribution in [0.2, 0.25) is 0 Å². The summed E-state index contributed by atoms with van der Waals surface area (Å²) in [7, 11) is 0. The summed E-state index contributed by atoms with van der Waals surface area (Å²) in [6.45, 7) is 0. The van der Waals surface area contributed by atoms with Gasteiger partial charge in [-0.15, -0.1) is 0 Å². The second-order valence-electron chi connectivity index (χ2n) is 12.2. The standard InChI is InChI=1S/C30H28O6/c31-27-23-9-19-5-15-1-13-2-17-7-21-11-25-26(30(34)36-29(25)33)12-22(21)8-18(17)4-14(13)3-16(15)6-20(19)10-24(23)28(32)35-27/h23-26H,1-12H2/t23-,24-,25-,26+/m1/s1. The first-order chi connectivity index (χ1) is 17.4. The van der Waals surface area contributed by atoms with Gasteiger partial charge in [0.1, 0.15) is 0 Å². The summed E-state index contributed by atoms with van der Waals surface area (Å²) < 4.78 is 9.92. The molecule has 0 unspecified atom stereocenters. The van der Waals surface area contributed by atoms with E-state index in [1.807, 2.05) is 0 Å². The normalized spacial score (nSPS) is 35.1. The third-order valence-electron chi connectivity index (χ3n) is 10.4. The predicted molar refractivity (Wildman–Crippen MR) is 127 cm³/mol. The molecule has 0 aromatic carbocycles. The van der Waals surface area contributed by atoms with Gasteiger partial charge >= 0.3 is 23.9 Å². The average molecular weight is 485 g/mol. The third-order valence-corrected chi connectivity index (χ3v) is 10.4. The lowest BCUT2D eigenvalue weighted by Gasteiger charge is -2.39. The molecule has 6 aliphatic carbocycles. The van der Waals surface area contributed by atoms with Crippen LogP contribution < -0.4 is 0 Å². The van der Waals surface area contributed by atoms with Crippen LogP contribution in [0.1, 0.15) is 77.0 Å². The van der Waals surface area contributed by atoms with Gasteiger partial charge in [0.25, 0.3) is 0 Å². The molecule has 0 amide bonds. The molecule has 0 bridgehead atoms. The highest BCUT2D eigenvalue weighted by molar-refractivity contribution is 5.97. The maximum atomic E-state index is 12.2.